The summed E-state index contributed by atoms with van der Waals surface area (Å²) in [7, 11) is 0. The van der Waals surface area contributed by atoms with Gasteiger partial charge in [-0.3, -0.25) is 4.79 Å². The van der Waals surface area contributed by atoms with Crippen LogP contribution in [0.4, 0.5) is 0 Å². The van der Waals surface area contributed by atoms with Crippen LogP contribution in [0.5, 0.6) is 5.75 Å². The molecule has 1 fully saturated rings. The SMILES string of the molecule is CCCCNC(=O)c1cccc(OCC2CCCO2)c1. The highest BCUT2D eigenvalue weighted by atomic mass is 16.5. The molecule has 20 heavy (non-hydrogen) atoms. The van der Waals surface area contributed by atoms with Gasteiger partial charge in [0.25, 0.3) is 5.91 Å². The molecule has 4 nitrogen and oxygen atoms in total. The van der Waals surface area contributed by atoms with Crippen molar-refractivity contribution >= 4 is 5.91 Å². The number of hydrogen-bond acceptors (Lipinski definition) is 3. The van der Waals surface area contributed by atoms with Gasteiger partial charge in [-0.15, -0.1) is 0 Å². The lowest BCUT2D eigenvalue weighted by Gasteiger charge is -2.12. The van der Waals surface area contributed by atoms with Crippen molar-refractivity contribution in [3.63, 3.8) is 0 Å². The number of carbonyl (C=O) groups excluding carboxylic acids is 1. The Kier molecular flexibility index (Phi) is 5.87. The van der Waals surface area contributed by atoms with Gasteiger partial charge in [-0.05, 0) is 37.5 Å². The summed E-state index contributed by atoms with van der Waals surface area (Å²) in [6.07, 6.45) is 4.42. The standard InChI is InChI=1S/C16H23NO3/c1-2-3-9-17-16(18)13-6-4-7-14(11-13)20-12-15-8-5-10-19-15/h4,6-7,11,15H,2-3,5,8-10,12H2,1H3,(H,17,18). The van der Waals surface area contributed by atoms with Crippen molar-refractivity contribution in [1.82, 2.24) is 5.32 Å². The molecule has 0 aliphatic carbocycles. The first-order chi connectivity index (χ1) is 9.79. The first-order valence-corrected chi connectivity index (χ1v) is 7.42. The van der Waals surface area contributed by atoms with Gasteiger partial charge in [0.2, 0.25) is 0 Å². The Balaban J connectivity index is 1.84. The van der Waals surface area contributed by atoms with Crippen molar-refractivity contribution in [2.75, 3.05) is 19.8 Å². The van der Waals surface area contributed by atoms with Gasteiger partial charge in [0.1, 0.15) is 12.4 Å². The third-order valence-corrected chi connectivity index (χ3v) is 3.37. The minimum Gasteiger partial charge on any atom is -0.491 e. The quantitative estimate of drug-likeness (QED) is 0.780. The fourth-order valence-electron chi connectivity index (χ4n) is 2.17. The molecule has 0 aromatic heterocycles. The predicted molar refractivity (Wildman–Crippen MR) is 78.2 cm³/mol. The van der Waals surface area contributed by atoms with Gasteiger partial charge in [-0.2, -0.15) is 0 Å². The summed E-state index contributed by atoms with van der Waals surface area (Å²) in [6.45, 7) is 4.21. The van der Waals surface area contributed by atoms with Crippen molar-refractivity contribution in [1.29, 1.82) is 0 Å². The number of unbranched alkanes of at least 4 members (excludes halogenated alkanes) is 1. The molecule has 4 heteroatoms. The second-order valence-electron chi connectivity index (χ2n) is 5.08. The zero-order chi connectivity index (χ0) is 14.2. The lowest BCUT2D eigenvalue weighted by Crippen LogP contribution is -2.24. The van der Waals surface area contributed by atoms with E-state index in [2.05, 4.69) is 12.2 Å². The first kappa shape index (κ1) is 14.9. The van der Waals surface area contributed by atoms with E-state index < -0.39 is 0 Å². The molecule has 0 saturated carbocycles. The van der Waals surface area contributed by atoms with Gasteiger partial charge in [0.05, 0.1) is 6.10 Å². The Morgan fingerprint density at radius 2 is 2.40 bits per heavy atom. The average molecular weight is 277 g/mol. The van der Waals surface area contributed by atoms with Crippen LogP contribution in [-0.2, 0) is 4.74 Å². The Bertz CT molecular complexity index is 427. The van der Waals surface area contributed by atoms with Gasteiger partial charge >= 0.3 is 0 Å². The zero-order valence-electron chi connectivity index (χ0n) is 12.1. The molecule has 1 N–H and O–H groups in total. The van der Waals surface area contributed by atoms with Gasteiger partial charge in [0, 0.05) is 18.7 Å². The summed E-state index contributed by atoms with van der Waals surface area (Å²) < 4.78 is 11.2. The van der Waals surface area contributed by atoms with Gasteiger partial charge in [0.15, 0.2) is 0 Å². The molecule has 1 atom stereocenters. The van der Waals surface area contributed by atoms with E-state index in [9.17, 15) is 4.79 Å². The molecule has 1 aliphatic rings. The van der Waals surface area contributed by atoms with E-state index in [0.717, 1.165) is 44.6 Å². The highest BCUT2D eigenvalue weighted by Crippen LogP contribution is 2.17. The van der Waals surface area contributed by atoms with Crippen molar-refractivity contribution in [2.24, 2.45) is 0 Å². The summed E-state index contributed by atoms with van der Waals surface area (Å²) in [5.74, 6) is 0.685. The van der Waals surface area contributed by atoms with Crippen LogP contribution in [0.25, 0.3) is 0 Å². The predicted octanol–water partition coefficient (Wildman–Crippen LogP) is 2.77. The van der Waals surface area contributed by atoms with Crippen LogP contribution in [0.1, 0.15) is 43.0 Å². The molecule has 1 unspecified atom stereocenters. The molecule has 1 aromatic carbocycles. The fourth-order valence-corrected chi connectivity index (χ4v) is 2.17. The van der Waals surface area contributed by atoms with Crippen LogP contribution in [-0.4, -0.2) is 31.8 Å². The molecule has 1 heterocycles. The Morgan fingerprint density at radius 1 is 1.50 bits per heavy atom. The third kappa shape index (κ3) is 4.53. The number of amides is 1. The maximum absolute atomic E-state index is 11.9. The van der Waals surface area contributed by atoms with E-state index in [1.54, 1.807) is 12.1 Å². The van der Waals surface area contributed by atoms with Gasteiger partial charge in [-0.25, -0.2) is 0 Å². The molecule has 110 valence electrons. The number of benzene rings is 1. The number of ether oxygens (including phenoxy) is 2. The Hall–Kier alpha value is -1.55. The van der Waals surface area contributed by atoms with Gasteiger partial charge in [-0.1, -0.05) is 19.4 Å². The fraction of sp³-hybridized carbons (Fsp3) is 0.562. The summed E-state index contributed by atoms with van der Waals surface area (Å²) >= 11 is 0. The maximum atomic E-state index is 11.9. The highest BCUT2D eigenvalue weighted by molar-refractivity contribution is 5.94. The lowest BCUT2D eigenvalue weighted by atomic mass is 10.2. The normalized spacial score (nSPS) is 17.9. The number of rotatable bonds is 7. The van der Waals surface area contributed by atoms with E-state index >= 15 is 0 Å². The van der Waals surface area contributed by atoms with E-state index in [4.69, 9.17) is 9.47 Å². The minimum absolute atomic E-state index is 0.0407. The van der Waals surface area contributed by atoms with E-state index in [0.29, 0.717) is 12.2 Å². The number of carbonyl (C=O) groups is 1. The summed E-state index contributed by atoms with van der Waals surface area (Å²) in [6, 6.07) is 7.31. The van der Waals surface area contributed by atoms with Crippen LogP contribution in [0, 0.1) is 0 Å². The summed E-state index contributed by atoms with van der Waals surface area (Å²) in [4.78, 5) is 11.9. The smallest absolute Gasteiger partial charge is 0.251 e. The van der Waals surface area contributed by atoms with Crippen LogP contribution in [0.2, 0.25) is 0 Å². The largest absolute Gasteiger partial charge is 0.491 e. The van der Waals surface area contributed by atoms with Crippen LogP contribution < -0.4 is 10.1 Å². The van der Waals surface area contributed by atoms with Crippen LogP contribution >= 0.6 is 0 Å². The molecule has 0 spiro atoms. The van der Waals surface area contributed by atoms with Crippen molar-refractivity contribution < 1.29 is 14.3 Å². The Morgan fingerprint density at radius 3 is 3.15 bits per heavy atom. The van der Waals surface area contributed by atoms with E-state index in [1.165, 1.54) is 0 Å². The maximum Gasteiger partial charge on any atom is 0.251 e. The van der Waals surface area contributed by atoms with Crippen LogP contribution in [0.3, 0.4) is 0 Å². The molecule has 1 aromatic rings. The molecule has 1 amide bonds. The monoisotopic (exact) mass is 277 g/mol. The second kappa shape index (κ2) is 7.90. The van der Waals surface area contributed by atoms with Crippen molar-refractivity contribution in [3.05, 3.63) is 29.8 Å². The lowest BCUT2D eigenvalue weighted by molar-refractivity contribution is 0.0679. The summed E-state index contributed by atoms with van der Waals surface area (Å²) in [5, 5.41) is 2.91. The molecule has 0 bridgehead atoms. The van der Waals surface area contributed by atoms with E-state index in [1.807, 2.05) is 12.1 Å². The highest BCUT2D eigenvalue weighted by Gasteiger charge is 2.16. The number of nitrogens with one attached hydrogen (secondary N) is 1. The molecule has 1 saturated heterocycles. The molecule has 0 radical (unpaired) electrons. The Labute approximate surface area is 120 Å². The molecular weight excluding hydrogens is 254 g/mol. The first-order valence-electron chi connectivity index (χ1n) is 7.42. The van der Waals surface area contributed by atoms with Crippen molar-refractivity contribution in [3.8, 4) is 5.75 Å². The third-order valence-electron chi connectivity index (χ3n) is 3.37. The second-order valence-corrected chi connectivity index (χ2v) is 5.08. The summed E-state index contributed by atoms with van der Waals surface area (Å²) in [5.41, 5.74) is 0.644. The number of hydrogen-bond donors (Lipinski definition) is 1. The van der Waals surface area contributed by atoms with Crippen molar-refractivity contribution in [2.45, 2.75) is 38.7 Å². The molecular formula is C16H23NO3. The molecule has 2 rings (SSSR count). The zero-order valence-corrected chi connectivity index (χ0v) is 12.1. The average Bonchev–Trinajstić information content (AvgIpc) is 2.99. The van der Waals surface area contributed by atoms with Gasteiger partial charge < -0.3 is 14.8 Å². The van der Waals surface area contributed by atoms with E-state index in [-0.39, 0.29) is 12.0 Å². The minimum atomic E-state index is -0.0407. The van der Waals surface area contributed by atoms with Crippen LogP contribution in [0.15, 0.2) is 24.3 Å². The topological polar surface area (TPSA) is 47.6 Å². The molecule has 1 aliphatic heterocycles.